The lowest BCUT2D eigenvalue weighted by Gasteiger charge is -2.38. The second-order valence-corrected chi connectivity index (χ2v) is 4.56. The maximum atomic E-state index is 10.6. The minimum Gasteiger partial charge on any atom is -0.493 e. The van der Waals surface area contributed by atoms with Crippen molar-refractivity contribution in [3.63, 3.8) is 0 Å². The van der Waals surface area contributed by atoms with E-state index in [1.54, 1.807) is 20.3 Å². The van der Waals surface area contributed by atoms with Crippen molar-refractivity contribution in [1.82, 2.24) is 0 Å². The van der Waals surface area contributed by atoms with Crippen molar-refractivity contribution in [2.45, 2.75) is 31.7 Å². The van der Waals surface area contributed by atoms with E-state index in [-0.39, 0.29) is 0 Å². The third-order valence-corrected chi connectivity index (χ3v) is 3.74. The zero-order chi connectivity index (χ0) is 13.2. The molecule has 0 N–H and O–H groups in total. The molecule has 0 aromatic heterocycles. The van der Waals surface area contributed by atoms with Crippen LogP contribution in [-0.2, 0) is 10.3 Å². The molecular formula is C14H17NO3. The third-order valence-electron chi connectivity index (χ3n) is 3.74. The number of rotatable bonds is 4. The van der Waals surface area contributed by atoms with Crippen LogP contribution in [0, 0.1) is 6.92 Å². The van der Waals surface area contributed by atoms with Crippen molar-refractivity contribution in [1.29, 1.82) is 0 Å². The van der Waals surface area contributed by atoms with E-state index in [1.807, 2.05) is 19.1 Å². The highest BCUT2D eigenvalue weighted by atomic mass is 16.5. The normalized spacial score (nSPS) is 16.4. The van der Waals surface area contributed by atoms with Gasteiger partial charge < -0.3 is 9.47 Å². The van der Waals surface area contributed by atoms with E-state index in [4.69, 9.17) is 9.47 Å². The molecule has 0 amide bonds. The van der Waals surface area contributed by atoms with Crippen LogP contribution in [-0.4, -0.2) is 20.3 Å². The van der Waals surface area contributed by atoms with E-state index < -0.39 is 5.54 Å². The lowest BCUT2D eigenvalue weighted by Crippen LogP contribution is -2.32. The highest BCUT2D eigenvalue weighted by molar-refractivity contribution is 5.53. The fourth-order valence-corrected chi connectivity index (χ4v) is 2.63. The number of benzene rings is 1. The Hall–Kier alpha value is -1.80. The number of isocyanates is 1. The van der Waals surface area contributed by atoms with Crippen molar-refractivity contribution in [2.24, 2.45) is 4.99 Å². The standard InChI is InChI=1S/C14H17NO3/c1-10-11(14(15-9-16)7-4-8-14)5-6-12(17-2)13(10)18-3/h5-6H,4,7-8H2,1-3H3. The number of ether oxygens (including phenoxy) is 2. The van der Waals surface area contributed by atoms with E-state index in [0.29, 0.717) is 11.5 Å². The monoisotopic (exact) mass is 247 g/mol. The average Bonchev–Trinajstić information content (AvgIpc) is 2.34. The fourth-order valence-electron chi connectivity index (χ4n) is 2.63. The fraction of sp³-hybridized carbons (Fsp3) is 0.500. The molecule has 4 nitrogen and oxygen atoms in total. The summed E-state index contributed by atoms with van der Waals surface area (Å²) < 4.78 is 10.6. The lowest BCUT2D eigenvalue weighted by molar-refractivity contribution is 0.252. The molecule has 18 heavy (non-hydrogen) atoms. The molecule has 0 radical (unpaired) electrons. The van der Waals surface area contributed by atoms with Gasteiger partial charge in [0.15, 0.2) is 11.5 Å². The van der Waals surface area contributed by atoms with Crippen LogP contribution >= 0.6 is 0 Å². The second-order valence-electron chi connectivity index (χ2n) is 4.56. The summed E-state index contributed by atoms with van der Waals surface area (Å²) in [5.41, 5.74) is 1.62. The summed E-state index contributed by atoms with van der Waals surface area (Å²) in [5, 5.41) is 0. The Bertz CT molecular complexity index is 500. The summed E-state index contributed by atoms with van der Waals surface area (Å²) >= 11 is 0. The lowest BCUT2D eigenvalue weighted by atomic mass is 9.71. The summed E-state index contributed by atoms with van der Waals surface area (Å²) in [6, 6.07) is 3.83. The number of hydrogen-bond donors (Lipinski definition) is 0. The predicted octanol–water partition coefficient (Wildman–Crippen LogP) is 2.73. The Balaban J connectivity index is 2.55. The first-order chi connectivity index (χ1) is 8.68. The molecule has 1 aromatic rings. The van der Waals surface area contributed by atoms with Crippen molar-refractivity contribution in [2.75, 3.05) is 14.2 Å². The molecule has 0 unspecified atom stereocenters. The maximum absolute atomic E-state index is 10.6. The Morgan fingerprint density at radius 2 is 2.00 bits per heavy atom. The average molecular weight is 247 g/mol. The van der Waals surface area contributed by atoms with E-state index in [9.17, 15) is 4.79 Å². The van der Waals surface area contributed by atoms with Crippen LogP contribution < -0.4 is 9.47 Å². The topological polar surface area (TPSA) is 47.9 Å². The highest BCUT2D eigenvalue weighted by Gasteiger charge is 2.40. The van der Waals surface area contributed by atoms with Crippen LogP contribution in [0.1, 0.15) is 30.4 Å². The minimum atomic E-state index is -0.397. The number of carbonyl (C=O) groups excluding carboxylic acids is 1. The molecular weight excluding hydrogens is 230 g/mol. The van der Waals surface area contributed by atoms with Crippen molar-refractivity contribution in [3.8, 4) is 11.5 Å². The van der Waals surface area contributed by atoms with Crippen LogP contribution in [0.3, 0.4) is 0 Å². The van der Waals surface area contributed by atoms with Gasteiger partial charge in [-0.3, -0.25) is 0 Å². The molecule has 0 atom stereocenters. The summed E-state index contributed by atoms with van der Waals surface area (Å²) in [5.74, 6) is 1.41. The first-order valence-corrected chi connectivity index (χ1v) is 5.99. The summed E-state index contributed by atoms with van der Waals surface area (Å²) in [4.78, 5) is 14.6. The number of methoxy groups -OCH3 is 2. The molecule has 0 saturated heterocycles. The van der Waals surface area contributed by atoms with Gasteiger partial charge in [-0.15, -0.1) is 0 Å². The second kappa shape index (κ2) is 4.83. The molecule has 0 spiro atoms. The molecule has 1 aliphatic rings. The van der Waals surface area contributed by atoms with Gasteiger partial charge in [-0.25, -0.2) is 4.79 Å². The van der Waals surface area contributed by atoms with Crippen LogP contribution in [0.15, 0.2) is 17.1 Å². The van der Waals surface area contributed by atoms with Gasteiger partial charge in [-0.1, -0.05) is 6.07 Å². The quantitative estimate of drug-likeness (QED) is 0.607. The maximum Gasteiger partial charge on any atom is 0.235 e. The predicted molar refractivity (Wildman–Crippen MR) is 67.9 cm³/mol. The zero-order valence-electron chi connectivity index (χ0n) is 10.9. The highest BCUT2D eigenvalue weighted by Crippen LogP contribution is 2.48. The van der Waals surface area contributed by atoms with Gasteiger partial charge in [-0.2, -0.15) is 4.99 Å². The summed E-state index contributed by atoms with van der Waals surface area (Å²) in [6.07, 6.45) is 4.56. The van der Waals surface area contributed by atoms with Gasteiger partial charge >= 0.3 is 0 Å². The van der Waals surface area contributed by atoms with Gasteiger partial charge in [0.05, 0.1) is 19.8 Å². The van der Waals surface area contributed by atoms with E-state index in [0.717, 1.165) is 30.4 Å². The third kappa shape index (κ3) is 1.79. The van der Waals surface area contributed by atoms with Gasteiger partial charge in [0, 0.05) is 5.56 Å². The van der Waals surface area contributed by atoms with E-state index in [2.05, 4.69) is 4.99 Å². The van der Waals surface area contributed by atoms with Gasteiger partial charge in [0.2, 0.25) is 6.08 Å². The van der Waals surface area contributed by atoms with Crippen molar-refractivity contribution >= 4 is 6.08 Å². The largest absolute Gasteiger partial charge is 0.493 e. The Labute approximate surface area is 107 Å². The molecule has 1 fully saturated rings. The first kappa shape index (κ1) is 12.7. The molecule has 1 aromatic carbocycles. The van der Waals surface area contributed by atoms with Gasteiger partial charge in [-0.05, 0) is 37.8 Å². The molecule has 1 aliphatic carbocycles. The zero-order valence-corrected chi connectivity index (χ0v) is 10.9. The van der Waals surface area contributed by atoms with Crippen molar-refractivity contribution in [3.05, 3.63) is 23.3 Å². The molecule has 2 rings (SSSR count). The summed E-state index contributed by atoms with van der Waals surface area (Å²) in [7, 11) is 3.23. The van der Waals surface area contributed by atoms with Gasteiger partial charge in [0.1, 0.15) is 0 Å². The molecule has 0 aliphatic heterocycles. The number of nitrogens with zero attached hydrogens (tertiary/aromatic N) is 1. The molecule has 96 valence electrons. The summed E-state index contributed by atoms with van der Waals surface area (Å²) in [6.45, 7) is 1.97. The Morgan fingerprint density at radius 1 is 1.28 bits per heavy atom. The van der Waals surface area contributed by atoms with Gasteiger partial charge in [0.25, 0.3) is 0 Å². The Kier molecular flexibility index (Phi) is 3.39. The first-order valence-electron chi connectivity index (χ1n) is 5.99. The number of aliphatic imine (C=N–C) groups is 1. The molecule has 0 bridgehead atoms. The van der Waals surface area contributed by atoms with Crippen LogP contribution in [0.5, 0.6) is 11.5 Å². The Morgan fingerprint density at radius 3 is 2.44 bits per heavy atom. The van der Waals surface area contributed by atoms with Crippen LogP contribution in [0.25, 0.3) is 0 Å². The van der Waals surface area contributed by atoms with Crippen LogP contribution in [0.4, 0.5) is 0 Å². The minimum absolute atomic E-state index is 0.397. The van der Waals surface area contributed by atoms with Crippen LogP contribution in [0.2, 0.25) is 0 Å². The SMILES string of the molecule is COc1ccc(C2(N=C=O)CCC2)c(C)c1OC. The molecule has 4 heteroatoms. The van der Waals surface area contributed by atoms with E-state index >= 15 is 0 Å². The number of hydrogen-bond acceptors (Lipinski definition) is 4. The van der Waals surface area contributed by atoms with E-state index in [1.165, 1.54) is 0 Å². The van der Waals surface area contributed by atoms with Crippen molar-refractivity contribution < 1.29 is 14.3 Å². The molecule has 1 saturated carbocycles. The smallest absolute Gasteiger partial charge is 0.235 e. The molecule has 0 heterocycles.